The molecule has 168 valence electrons. The van der Waals surface area contributed by atoms with Crippen LogP contribution in [0.3, 0.4) is 0 Å². The molecule has 11 nitrogen and oxygen atoms in total. The van der Waals surface area contributed by atoms with Gasteiger partial charge in [-0.05, 0) is 18.6 Å². The third-order valence-corrected chi connectivity index (χ3v) is 4.92. The summed E-state index contributed by atoms with van der Waals surface area (Å²) < 4.78 is 6.33. The highest BCUT2D eigenvalue weighted by atomic mass is 16.6. The second-order valence-electron chi connectivity index (χ2n) is 7.16. The number of rotatable bonds is 8. The van der Waals surface area contributed by atoms with Crippen LogP contribution in [0.5, 0.6) is 0 Å². The van der Waals surface area contributed by atoms with Crippen molar-refractivity contribution in [2.75, 3.05) is 26.0 Å². The lowest BCUT2D eigenvalue weighted by atomic mass is 10.2. The number of nitrogens with two attached hydrogens (primary N) is 1. The van der Waals surface area contributed by atoms with E-state index in [-0.39, 0.29) is 17.1 Å². The van der Waals surface area contributed by atoms with Crippen LogP contribution < -0.4 is 11.1 Å². The summed E-state index contributed by atoms with van der Waals surface area (Å²) in [6.45, 7) is 0.909. The maximum atomic E-state index is 12.9. The molecule has 0 bridgehead atoms. The number of amides is 1. The first-order chi connectivity index (χ1) is 16.0. The minimum atomic E-state index is -0.486. The van der Waals surface area contributed by atoms with Gasteiger partial charge >= 0.3 is 0 Å². The molecule has 2 aromatic heterocycles. The van der Waals surface area contributed by atoms with Crippen LogP contribution in [0, 0.1) is 10.1 Å². The first-order valence-corrected chi connectivity index (χ1v) is 10.1. The molecular weight excluding hydrogens is 426 g/mol. The SMILES string of the molecule is COCCCNC(=O)c1c(N)n(/N=C/c2cccc([N+](=O)[O-])c2)c2nc3ccccc3nc12. The van der Waals surface area contributed by atoms with Gasteiger partial charge in [-0.15, -0.1) is 0 Å². The van der Waals surface area contributed by atoms with Crippen LogP contribution in [-0.2, 0) is 4.74 Å². The molecule has 0 spiro atoms. The number of anilines is 1. The van der Waals surface area contributed by atoms with E-state index >= 15 is 0 Å². The minimum absolute atomic E-state index is 0.0613. The second-order valence-corrected chi connectivity index (χ2v) is 7.16. The Hall–Kier alpha value is -4.38. The molecule has 2 heterocycles. The van der Waals surface area contributed by atoms with Crippen molar-refractivity contribution in [1.82, 2.24) is 20.0 Å². The largest absolute Gasteiger partial charge is 0.385 e. The van der Waals surface area contributed by atoms with Crippen molar-refractivity contribution in [1.29, 1.82) is 0 Å². The van der Waals surface area contributed by atoms with E-state index in [1.165, 1.54) is 23.0 Å². The number of hydrogen-bond acceptors (Lipinski definition) is 8. The quantitative estimate of drug-likeness (QED) is 0.182. The van der Waals surface area contributed by atoms with E-state index in [2.05, 4.69) is 20.4 Å². The van der Waals surface area contributed by atoms with Gasteiger partial charge in [0.15, 0.2) is 5.65 Å². The second kappa shape index (κ2) is 9.40. The number of nitro benzene ring substituents is 1. The Morgan fingerprint density at radius 1 is 1.24 bits per heavy atom. The van der Waals surface area contributed by atoms with Crippen molar-refractivity contribution in [2.24, 2.45) is 5.10 Å². The fraction of sp³-hybridized carbons (Fsp3) is 0.182. The summed E-state index contributed by atoms with van der Waals surface area (Å²) in [5.41, 5.74) is 8.75. The topological polar surface area (TPSA) is 151 Å². The summed E-state index contributed by atoms with van der Waals surface area (Å²) in [5, 5.41) is 18.2. The lowest BCUT2D eigenvalue weighted by Crippen LogP contribution is -2.26. The summed E-state index contributed by atoms with van der Waals surface area (Å²) in [4.78, 5) is 32.7. The van der Waals surface area contributed by atoms with Gasteiger partial charge in [0, 0.05) is 38.0 Å². The average Bonchev–Trinajstić information content (AvgIpc) is 3.09. The van der Waals surface area contributed by atoms with Crippen LogP contribution in [0.25, 0.3) is 22.2 Å². The lowest BCUT2D eigenvalue weighted by molar-refractivity contribution is -0.384. The van der Waals surface area contributed by atoms with E-state index in [0.717, 1.165) is 0 Å². The first kappa shape index (κ1) is 21.8. The number of non-ortho nitro benzene ring substituents is 1. The highest BCUT2D eigenvalue weighted by Gasteiger charge is 2.23. The standard InChI is InChI=1S/C22H21N7O4/c1-33-11-5-10-24-22(30)18-19-21(27-17-9-3-2-8-16(17)26-19)28(20(18)23)25-13-14-6-4-7-15(12-14)29(31)32/h2-4,6-9,12-13H,5,10-11,23H2,1H3,(H,24,30)/b25-13+. The van der Waals surface area contributed by atoms with Crippen LogP contribution in [0.15, 0.2) is 53.6 Å². The maximum absolute atomic E-state index is 12.9. The molecule has 0 aliphatic carbocycles. The van der Waals surface area contributed by atoms with Crippen LogP contribution in [-0.4, -0.2) is 52.0 Å². The molecule has 0 radical (unpaired) electrons. The Morgan fingerprint density at radius 2 is 2.00 bits per heavy atom. The highest BCUT2D eigenvalue weighted by Crippen LogP contribution is 2.28. The number of carbonyl (C=O) groups excluding carboxylic acids is 1. The van der Waals surface area contributed by atoms with Gasteiger partial charge in [0.1, 0.15) is 16.9 Å². The molecule has 33 heavy (non-hydrogen) atoms. The minimum Gasteiger partial charge on any atom is -0.385 e. The molecule has 0 saturated heterocycles. The number of hydrogen-bond donors (Lipinski definition) is 2. The van der Waals surface area contributed by atoms with Crippen LogP contribution in [0.2, 0.25) is 0 Å². The maximum Gasteiger partial charge on any atom is 0.270 e. The lowest BCUT2D eigenvalue weighted by Gasteiger charge is -2.05. The van der Waals surface area contributed by atoms with Gasteiger partial charge in [-0.2, -0.15) is 9.78 Å². The zero-order valence-electron chi connectivity index (χ0n) is 17.8. The molecule has 0 fully saturated rings. The molecular formula is C22H21N7O4. The molecule has 4 rings (SSSR count). The zero-order chi connectivity index (χ0) is 23.4. The van der Waals surface area contributed by atoms with E-state index in [9.17, 15) is 14.9 Å². The number of benzene rings is 2. The number of methoxy groups -OCH3 is 1. The normalized spacial score (nSPS) is 11.4. The molecule has 0 aliphatic rings. The number of nitrogens with zero attached hydrogens (tertiary/aromatic N) is 5. The fourth-order valence-electron chi connectivity index (χ4n) is 3.34. The fourth-order valence-corrected chi connectivity index (χ4v) is 3.34. The molecule has 0 atom stereocenters. The number of nitrogen functional groups attached to an aromatic ring is 1. The average molecular weight is 447 g/mol. The first-order valence-electron chi connectivity index (χ1n) is 10.1. The van der Waals surface area contributed by atoms with E-state index in [1.54, 1.807) is 31.4 Å². The summed E-state index contributed by atoms with van der Waals surface area (Å²) in [6.07, 6.45) is 2.06. The number of aromatic nitrogens is 3. The van der Waals surface area contributed by atoms with E-state index in [1.807, 2.05) is 12.1 Å². The summed E-state index contributed by atoms with van der Waals surface area (Å²) in [5.74, 6) is -0.339. The monoisotopic (exact) mass is 447 g/mol. The number of fused-ring (bicyclic) bond motifs is 2. The van der Waals surface area contributed by atoms with E-state index < -0.39 is 10.8 Å². The molecule has 4 aromatic rings. The molecule has 2 aromatic carbocycles. The van der Waals surface area contributed by atoms with Crippen LogP contribution in [0.1, 0.15) is 22.3 Å². The Bertz CT molecular complexity index is 1380. The van der Waals surface area contributed by atoms with Crippen LogP contribution >= 0.6 is 0 Å². The number of nitro groups is 1. The van der Waals surface area contributed by atoms with Crippen molar-refractivity contribution in [3.8, 4) is 0 Å². The molecule has 0 aliphatic heterocycles. The van der Waals surface area contributed by atoms with Crippen molar-refractivity contribution < 1.29 is 14.5 Å². The van der Waals surface area contributed by atoms with Gasteiger partial charge in [-0.25, -0.2) is 9.97 Å². The Morgan fingerprint density at radius 3 is 2.73 bits per heavy atom. The van der Waals surface area contributed by atoms with Gasteiger partial charge in [-0.1, -0.05) is 24.3 Å². The molecule has 0 saturated carbocycles. The predicted molar refractivity (Wildman–Crippen MR) is 124 cm³/mol. The smallest absolute Gasteiger partial charge is 0.270 e. The number of carbonyl (C=O) groups is 1. The van der Waals surface area contributed by atoms with Gasteiger partial charge in [0.05, 0.1) is 22.2 Å². The van der Waals surface area contributed by atoms with Crippen LogP contribution in [0.4, 0.5) is 11.5 Å². The molecule has 11 heteroatoms. The van der Waals surface area contributed by atoms with E-state index in [0.29, 0.717) is 47.3 Å². The van der Waals surface area contributed by atoms with E-state index in [4.69, 9.17) is 10.5 Å². The van der Waals surface area contributed by atoms with Crippen molar-refractivity contribution in [3.05, 3.63) is 69.8 Å². The van der Waals surface area contributed by atoms with Crippen molar-refractivity contribution in [3.63, 3.8) is 0 Å². The summed E-state index contributed by atoms with van der Waals surface area (Å²) in [7, 11) is 1.59. The van der Waals surface area contributed by atoms with Gasteiger partial charge in [-0.3, -0.25) is 14.9 Å². The number of para-hydroxylation sites is 2. The number of nitrogens with one attached hydrogen (secondary N) is 1. The highest BCUT2D eigenvalue weighted by molar-refractivity contribution is 6.10. The van der Waals surface area contributed by atoms with Gasteiger partial charge in [0.25, 0.3) is 11.6 Å². The van der Waals surface area contributed by atoms with Gasteiger partial charge in [0.2, 0.25) is 0 Å². The molecule has 3 N–H and O–H groups in total. The Kier molecular flexibility index (Phi) is 6.22. The van der Waals surface area contributed by atoms with Crippen molar-refractivity contribution in [2.45, 2.75) is 6.42 Å². The third-order valence-electron chi connectivity index (χ3n) is 4.92. The molecule has 0 unspecified atom stereocenters. The Labute approximate surface area is 188 Å². The summed E-state index contributed by atoms with van der Waals surface area (Å²) in [6, 6.07) is 13.2. The zero-order valence-corrected chi connectivity index (χ0v) is 17.8. The third kappa shape index (κ3) is 4.48. The molecule has 1 amide bonds. The predicted octanol–water partition coefficient (Wildman–Crippen LogP) is 2.72. The number of ether oxygens (including phenoxy) is 1. The van der Waals surface area contributed by atoms with Crippen molar-refractivity contribution >= 4 is 45.8 Å². The van der Waals surface area contributed by atoms with Gasteiger partial charge < -0.3 is 15.8 Å². The summed E-state index contributed by atoms with van der Waals surface area (Å²) >= 11 is 0. The Balaban J connectivity index is 1.80.